The minimum atomic E-state index is -0.0795. The van der Waals surface area contributed by atoms with Gasteiger partial charge in [0.2, 0.25) is 0 Å². The van der Waals surface area contributed by atoms with Gasteiger partial charge in [0.05, 0.1) is 0 Å². The molecule has 0 saturated heterocycles. The van der Waals surface area contributed by atoms with Crippen LogP contribution < -0.4 is 10.4 Å². The number of nitriles is 2. The zero-order valence-electron chi connectivity index (χ0n) is 31.0. The largest absolute Gasteiger partial charge is 0.192 e. The van der Waals surface area contributed by atoms with Crippen LogP contribution >= 0.6 is 0 Å². The SMILES string of the molecule is CC(C)(C)c1ccc2c(C(c3cc(C(C)(C)C)c4ccc(C(C)(C)C)ccc3-4)=c3ccc(=C(C#N)C#N)cc3)cc(C(C)(C)C)c-2cc1. The van der Waals surface area contributed by atoms with E-state index in [2.05, 4.69) is 168 Å². The second-order valence-corrected chi connectivity index (χ2v) is 17.4. The van der Waals surface area contributed by atoms with E-state index in [1.54, 1.807) is 0 Å². The van der Waals surface area contributed by atoms with Gasteiger partial charge >= 0.3 is 0 Å². The Hall–Kier alpha value is -4.66. The summed E-state index contributed by atoms with van der Waals surface area (Å²) >= 11 is 0. The van der Waals surface area contributed by atoms with Crippen LogP contribution in [-0.4, -0.2) is 0 Å². The number of benzene rings is 1. The van der Waals surface area contributed by atoms with Crippen LogP contribution in [0.15, 0.2) is 84.9 Å². The maximum atomic E-state index is 9.60. The van der Waals surface area contributed by atoms with Crippen molar-refractivity contribution in [1.82, 2.24) is 0 Å². The Labute approximate surface area is 288 Å². The molecule has 0 aromatic heterocycles. The zero-order valence-corrected chi connectivity index (χ0v) is 31.0. The highest BCUT2D eigenvalue weighted by molar-refractivity contribution is 5.98. The van der Waals surface area contributed by atoms with E-state index in [0.29, 0.717) is 5.22 Å². The quantitative estimate of drug-likeness (QED) is 0.195. The van der Waals surface area contributed by atoms with Crippen molar-refractivity contribution in [3.63, 3.8) is 0 Å². The van der Waals surface area contributed by atoms with E-state index >= 15 is 0 Å². The summed E-state index contributed by atoms with van der Waals surface area (Å²) in [5.41, 5.74) is 13.7. The normalized spacial score (nSPS) is 12.5. The first-order valence-corrected chi connectivity index (χ1v) is 17.1. The molecule has 0 spiro atoms. The molecule has 1 aromatic rings. The van der Waals surface area contributed by atoms with E-state index in [-0.39, 0.29) is 27.2 Å². The van der Waals surface area contributed by atoms with Gasteiger partial charge < -0.3 is 0 Å². The predicted octanol–water partition coefficient (Wildman–Crippen LogP) is 10.5. The summed E-state index contributed by atoms with van der Waals surface area (Å²) in [6.07, 6.45) is 0. The van der Waals surface area contributed by atoms with Crippen molar-refractivity contribution >= 4 is 11.1 Å². The van der Waals surface area contributed by atoms with E-state index in [0.717, 1.165) is 10.8 Å². The van der Waals surface area contributed by atoms with Gasteiger partial charge in [-0.05, 0) is 100 Å². The highest BCUT2D eigenvalue weighted by Gasteiger charge is 2.31. The molecule has 0 bridgehead atoms. The third-order valence-corrected chi connectivity index (χ3v) is 9.61. The van der Waals surface area contributed by atoms with E-state index in [1.165, 1.54) is 55.6 Å². The zero-order chi connectivity index (χ0) is 35.4. The second kappa shape index (κ2) is 12.1. The summed E-state index contributed by atoms with van der Waals surface area (Å²) in [6, 6.07) is 35.4. The van der Waals surface area contributed by atoms with Gasteiger partial charge in [-0.1, -0.05) is 156 Å². The summed E-state index contributed by atoms with van der Waals surface area (Å²) in [6.45, 7) is 27.4. The summed E-state index contributed by atoms with van der Waals surface area (Å²) in [5, 5.41) is 20.9. The van der Waals surface area contributed by atoms with E-state index < -0.39 is 0 Å². The van der Waals surface area contributed by atoms with Gasteiger partial charge in [0.1, 0.15) is 17.7 Å². The molecule has 0 N–H and O–H groups in total. The molecule has 0 radical (unpaired) electrons. The highest BCUT2D eigenvalue weighted by Crippen LogP contribution is 2.47. The second-order valence-electron chi connectivity index (χ2n) is 17.4. The molecule has 2 heteroatoms. The molecule has 0 atom stereocenters. The lowest BCUT2D eigenvalue weighted by molar-refractivity contribution is 0.590. The number of rotatable bonds is 2. The third-order valence-electron chi connectivity index (χ3n) is 9.61. The molecule has 0 fully saturated rings. The minimum absolute atomic E-state index is 0.0135. The van der Waals surface area contributed by atoms with Gasteiger partial charge in [0, 0.05) is 5.22 Å². The fourth-order valence-electron chi connectivity index (χ4n) is 6.77. The first-order chi connectivity index (χ1) is 22.3. The van der Waals surface area contributed by atoms with Gasteiger partial charge in [0.25, 0.3) is 0 Å². The molecule has 4 aliphatic rings. The Kier molecular flexibility index (Phi) is 8.74. The molecule has 0 amide bonds. The van der Waals surface area contributed by atoms with Crippen molar-refractivity contribution in [3.05, 3.63) is 129 Å². The van der Waals surface area contributed by atoms with Crippen LogP contribution in [0.5, 0.6) is 0 Å². The fraction of sp³-hybridized carbons (Fsp3) is 0.348. The summed E-state index contributed by atoms with van der Waals surface area (Å²) < 4.78 is 0. The number of fused-ring (bicyclic) bond motifs is 2. The Bertz CT molecular complexity index is 2020. The van der Waals surface area contributed by atoms with E-state index in [4.69, 9.17) is 0 Å². The molecule has 0 heterocycles. The topological polar surface area (TPSA) is 47.6 Å². The van der Waals surface area contributed by atoms with Crippen molar-refractivity contribution in [3.8, 4) is 34.4 Å². The summed E-state index contributed by atoms with van der Waals surface area (Å²) in [7, 11) is 0. The van der Waals surface area contributed by atoms with E-state index in [1.807, 2.05) is 12.1 Å². The lowest BCUT2D eigenvalue weighted by atomic mass is 9.85. The number of hydrogen-bond acceptors (Lipinski definition) is 2. The van der Waals surface area contributed by atoms with Crippen LogP contribution in [0.3, 0.4) is 0 Å². The number of hydrogen-bond donors (Lipinski definition) is 0. The smallest absolute Gasteiger partial charge is 0.136 e. The van der Waals surface area contributed by atoms with Crippen molar-refractivity contribution in [2.24, 2.45) is 0 Å². The average molecular weight is 631 g/mol. The summed E-state index contributed by atoms with van der Waals surface area (Å²) in [4.78, 5) is 0. The van der Waals surface area contributed by atoms with Crippen LogP contribution in [-0.2, 0) is 21.7 Å². The average Bonchev–Trinajstić information content (AvgIpc) is 3.31. The van der Waals surface area contributed by atoms with Gasteiger partial charge in [0.15, 0.2) is 0 Å². The first-order valence-electron chi connectivity index (χ1n) is 17.1. The molecule has 0 aliphatic heterocycles. The maximum Gasteiger partial charge on any atom is 0.136 e. The summed E-state index contributed by atoms with van der Waals surface area (Å²) in [5.74, 6) is 0. The molecule has 244 valence electrons. The number of nitrogens with zero attached hydrogens (tertiary/aromatic N) is 2. The van der Waals surface area contributed by atoms with E-state index in [9.17, 15) is 10.5 Å². The highest BCUT2D eigenvalue weighted by atomic mass is 14.3. The molecule has 2 nitrogen and oxygen atoms in total. The monoisotopic (exact) mass is 630 g/mol. The lowest BCUT2D eigenvalue weighted by Gasteiger charge is -2.19. The van der Waals surface area contributed by atoms with Crippen LogP contribution in [0.4, 0.5) is 0 Å². The Balaban J connectivity index is 2.01. The van der Waals surface area contributed by atoms with Crippen LogP contribution in [0.1, 0.15) is 116 Å². The van der Waals surface area contributed by atoms with Crippen LogP contribution in [0.25, 0.3) is 33.4 Å². The van der Waals surface area contributed by atoms with Crippen molar-refractivity contribution in [2.45, 2.75) is 105 Å². The fourth-order valence-corrected chi connectivity index (χ4v) is 6.77. The molecule has 1 aromatic carbocycles. The van der Waals surface area contributed by atoms with Crippen LogP contribution in [0, 0.1) is 22.7 Å². The maximum absolute atomic E-state index is 9.60. The van der Waals surface area contributed by atoms with Gasteiger partial charge in [-0.15, -0.1) is 0 Å². The van der Waals surface area contributed by atoms with Crippen molar-refractivity contribution in [2.75, 3.05) is 0 Å². The first kappa shape index (κ1) is 34.7. The molecule has 4 aliphatic carbocycles. The van der Waals surface area contributed by atoms with Crippen molar-refractivity contribution < 1.29 is 0 Å². The standard InChI is InChI=1S/C46H50N2/c1-43(2,3)32-17-21-34-36(23-19-32)40(45(7,8)9)25-38(34)42(30-15-13-29(14-16-30)31(27-47)28-48)39-26-41(46(10,11)12)37-24-20-33(44(4,5)6)18-22-35(37)39/h13-26H,1-12H3. The molecule has 5 rings (SSSR count). The lowest BCUT2D eigenvalue weighted by Crippen LogP contribution is -2.14. The molecular formula is C46H50N2. The molecule has 0 unspecified atom stereocenters. The third kappa shape index (κ3) is 6.55. The van der Waals surface area contributed by atoms with Gasteiger partial charge in [-0.25, -0.2) is 0 Å². The Morgan fingerprint density at radius 1 is 0.417 bits per heavy atom. The predicted molar refractivity (Wildman–Crippen MR) is 203 cm³/mol. The Morgan fingerprint density at radius 2 is 0.750 bits per heavy atom. The minimum Gasteiger partial charge on any atom is -0.192 e. The molecular weight excluding hydrogens is 581 g/mol. The Morgan fingerprint density at radius 3 is 1.06 bits per heavy atom. The van der Waals surface area contributed by atoms with Crippen molar-refractivity contribution in [1.29, 1.82) is 10.5 Å². The van der Waals surface area contributed by atoms with Gasteiger partial charge in [-0.3, -0.25) is 0 Å². The molecule has 48 heavy (non-hydrogen) atoms. The molecule has 0 saturated carbocycles. The van der Waals surface area contributed by atoms with Crippen LogP contribution in [0.2, 0.25) is 0 Å². The van der Waals surface area contributed by atoms with Gasteiger partial charge in [-0.2, -0.15) is 10.5 Å².